The molecule has 0 aromatic heterocycles. The number of benzene rings is 3. The van der Waals surface area contributed by atoms with Crippen molar-refractivity contribution in [2.75, 3.05) is 27.9 Å². The van der Waals surface area contributed by atoms with E-state index in [1.165, 1.54) is 5.56 Å². The minimum atomic E-state index is -0.147. The Hall–Kier alpha value is -3.19. The average molecular weight is 454 g/mol. The Kier molecular flexibility index (Phi) is 6.79. The molecule has 176 valence electrons. The van der Waals surface area contributed by atoms with Crippen molar-refractivity contribution in [2.24, 2.45) is 0 Å². The highest BCUT2D eigenvalue weighted by molar-refractivity contribution is 6.12. The Labute approximate surface area is 193 Å². The fourth-order valence-corrected chi connectivity index (χ4v) is 4.81. The molecule has 0 aliphatic carbocycles. The minimum Gasteiger partial charge on any atom is -0.504 e. The van der Waals surface area contributed by atoms with Crippen LogP contribution >= 0.6 is 0 Å². The van der Waals surface area contributed by atoms with Gasteiger partial charge in [0.05, 0.1) is 27.9 Å². The summed E-state index contributed by atoms with van der Waals surface area (Å²) in [4.78, 5) is 11.7. The first-order valence-corrected chi connectivity index (χ1v) is 11.3. The van der Waals surface area contributed by atoms with Gasteiger partial charge in [-0.2, -0.15) is 0 Å². The van der Waals surface area contributed by atoms with Crippen molar-refractivity contribution in [3.05, 3.63) is 35.4 Å². The van der Waals surface area contributed by atoms with Crippen LogP contribution in [-0.4, -0.2) is 45.1 Å². The summed E-state index contributed by atoms with van der Waals surface area (Å²) in [7, 11) is 4.81. The molecule has 3 aromatic carbocycles. The number of phenolic OH excluding ortho intramolecular Hbond substituents is 1. The van der Waals surface area contributed by atoms with Gasteiger partial charge in [0.25, 0.3) is 0 Å². The highest BCUT2D eigenvalue weighted by Gasteiger charge is 2.25. The molecular formula is C26H31NO6. The summed E-state index contributed by atoms with van der Waals surface area (Å²) in [6.45, 7) is 2.91. The molecule has 0 fully saturated rings. The number of carbonyl (C=O) groups excluding carboxylic acids is 1. The number of ether oxygens (including phenoxy) is 4. The van der Waals surface area contributed by atoms with Gasteiger partial charge in [-0.3, -0.25) is 4.79 Å². The summed E-state index contributed by atoms with van der Waals surface area (Å²) in [5.41, 5.74) is 2.38. The maximum atomic E-state index is 11.7. The zero-order valence-corrected chi connectivity index (χ0v) is 19.6. The molecule has 3 aromatic rings. The van der Waals surface area contributed by atoms with Crippen molar-refractivity contribution in [3.8, 4) is 23.0 Å². The summed E-state index contributed by atoms with van der Waals surface area (Å²) in [6.07, 6.45) is 2.88. The molecule has 0 amide bonds. The van der Waals surface area contributed by atoms with Crippen LogP contribution in [0.4, 0.5) is 0 Å². The van der Waals surface area contributed by atoms with E-state index in [-0.39, 0.29) is 17.8 Å². The Morgan fingerprint density at radius 1 is 0.939 bits per heavy atom. The van der Waals surface area contributed by atoms with Crippen LogP contribution in [0.25, 0.3) is 21.5 Å². The second kappa shape index (κ2) is 9.75. The van der Waals surface area contributed by atoms with Crippen molar-refractivity contribution < 1.29 is 28.8 Å². The van der Waals surface area contributed by atoms with Crippen LogP contribution in [-0.2, 0) is 22.5 Å². The number of aromatic hydroxyl groups is 1. The van der Waals surface area contributed by atoms with Crippen LogP contribution < -0.4 is 19.5 Å². The number of nitrogens with one attached hydrogen (secondary N) is 1. The van der Waals surface area contributed by atoms with Gasteiger partial charge in [-0.05, 0) is 83.1 Å². The molecule has 1 aliphatic heterocycles. The molecule has 0 saturated carbocycles. The van der Waals surface area contributed by atoms with E-state index in [0.29, 0.717) is 36.8 Å². The summed E-state index contributed by atoms with van der Waals surface area (Å²) >= 11 is 0. The highest BCUT2D eigenvalue weighted by atomic mass is 16.5. The first-order valence-electron chi connectivity index (χ1n) is 11.3. The molecule has 2 N–H and O–H groups in total. The van der Waals surface area contributed by atoms with Crippen LogP contribution in [0, 0.1) is 0 Å². The van der Waals surface area contributed by atoms with E-state index >= 15 is 0 Å². The minimum absolute atomic E-state index is 0.114. The van der Waals surface area contributed by atoms with Gasteiger partial charge < -0.3 is 29.4 Å². The molecular weight excluding hydrogens is 422 g/mol. The maximum absolute atomic E-state index is 11.7. The van der Waals surface area contributed by atoms with Crippen molar-refractivity contribution in [1.82, 2.24) is 5.32 Å². The largest absolute Gasteiger partial charge is 0.504 e. The number of hydrogen-bond acceptors (Lipinski definition) is 7. The third-order valence-electron chi connectivity index (χ3n) is 6.40. The third kappa shape index (κ3) is 4.37. The van der Waals surface area contributed by atoms with Crippen LogP contribution in [0.5, 0.6) is 23.0 Å². The normalized spacial score (nSPS) is 15.3. The highest BCUT2D eigenvalue weighted by Crippen LogP contribution is 2.44. The van der Waals surface area contributed by atoms with E-state index in [0.717, 1.165) is 46.4 Å². The lowest BCUT2D eigenvalue weighted by Gasteiger charge is -2.29. The predicted molar refractivity (Wildman–Crippen MR) is 128 cm³/mol. The number of hydrogen-bond donors (Lipinski definition) is 2. The Balaban J connectivity index is 1.80. The quantitative estimate of drug-likeness (QED) is 0.384. The monoisotopic (exact) mass is 453 g/mol. The van der Waals surface area contributed by atoms with E-state index < -0.39 is 0 Å². The molecule has 0 spiro atoms. The summed E-state index contributed by atoms with van der Waals surface area (Å²) in [5, 5.41) is 18.2. The smallest absolute Gasteiger partial charge is 0.305 e. The molecule has 7 nitrogen and oxygen atoms in total. The van der Waals surface area contributed by atoms with Gasteiger partial charge in [-0.15, -0.1) is 0 Å². The number of esters is 1. The van der Waals surface area contributed by atoms with Crippen molar-refractivity contribution in [3.63, 3.8) is 0 Å². The van der Waals surface area contributed by atoms with Crippen LogP contribution in [0.3, 0.4) is 0 Å². The number of methoxy groups -OCH3 is 3. The number of phenols is 1. The molecule has 1 heterocycles. The molecule has 7 heteroatoms. The Morgan fingerprint density at radius 3 is 2.18 bits per heavy atom. The molecule has 0 bridgehead atoms. The third-order valence-corrected chi connectivity index (χ3v) is 6.40. The van der Waals surface area contributed by atoms with Crippen molar-refractivity contribution >= 4 is 27.5 Å². The van der Waals surface area contributed by atoms with Gasteiger partial charge in [0.1, 0.15) is 0 Å². The molecule has 1 unspecified atom stereocenters. The Bertz CT molecular complexity index is 1190. The zero-order valence-electron chi connectivity index (χ0n) is 19.6. The van der Waals surface area contributed by atoms with Crippen molar-refractivity contribution in [2.45, 2.75) is 45.2 Å². The average Bonchev–Trinajstić information content (AvgIpc) is 2.83. The van der Waals surface area contributed by atoms with E-state index in [1.54, 1.807) is 27.4 Å². The Morgan fingerprint density at radius 2 is 1.55 bits per heavy atom. The first kappa shape index (κ1) is 23.0. The second-order valence-corrected chi connectivity index (χ2v) is 8.26. The first-order chi connectivity index (χ1) is 16.0. The maximum Gasteiger partial charge on any atom is 0.305 e. The number of carbonyl (C=O) groups is 1. The lowest BCUT2D eigenvalue weighted by molar-refractivity contribution is -0.143. The van der Waals surface area contributed by atoms with Gasteiger partial charge in [0.15, 0.2) is 23.0 Å². The molecule has 0 radical (unpaired) electrons. The molecule has 4 rings (SSSR count). The van der Waals surface area contributed by atoms with Gasteiger partial charge in [0.2, 0.25) is 0 Å². The lowest BCUT2D eigenvalue weighted by atomic mass is 9.84. The zero-order chi connectivity index (χ0) is 23.5. The number of rotatable bonds is 8. The van der Waals surface area contributed by atoms with E-state index in [9.17, 15) is 9.90 Å². The van der Waals surface area contributed by atoms with Crippen molar-refractivity contribution in [1.29, 1.82) is 0 Å². The fraction of sp³-hybridized carbons (Fsp3) is 0.423. The standard InChI is InChI=1S/C26H31NO6/c1-5-33-26(29)8-6-7-15-9-16-19-12-24(31-3)25(32-4)13-20(19)18-11-23(30-2)22(28)10-17(18)21(16)14-27-15/h10-13,15,27-28H,5-9,14H2,1-4H3. The number of fused-ring (bicyclic) bond motifs is 6. The molecule has 1 aliphatic rings. The van der Waals surface area contributed by atoms with Crippen LogP contribution in [0.1, 0.15) is 37.3 Å². The second-order valence-electron chi connectivity index (χ2n) is 8.26. The van der Waals surface area contributed by atoms with E-state index in [1.807, 2.05) is 25.1 Å². The van der Waals surface area contributed by atoms with Gasteiger partial charge >= 0.3 is 5.97 Å². The van der Waals surface area contributed by atoms with E-state index in [2.05, 4.69) is 5.32 Å². The SMILES string of the molecule is CCOC(=O)CCCC1Cc2c(c3cc(O)c(OC)cc3c3cc(OC)c(OC)cc23)CN1. The molecule has 33 heavy (non-hydrogen) atoms. The summed E-state index contributed by atoms with van der Waals surface area (Å²) < 4.78 is 21.6. The fourth-order valence-electron chi connectivity index (χ4n) is 4.81. The molecule has 0 saturated heterocycles. The molecule has 1 atom stereocenters. The van der Waals surface area contributed by atoms with E-state index in [4.69, 9.17) is 18.9 Å². The van der Waals surface area contributed by atoms with Gasteiger partial charge in [0, 0.05) is 19.0 Å². The van der Waals surface area contributed by atoms with Gasteiger partial charge in [-0.25, -0.2) is 0 Å². The summed E-state index contributed by atoms with van der Waals surface area (Å²) in [6, 6.07) is 7.93. The van der Waals surface area contributed by atoms with Crippen LogP contribution in [0.15, 0.2) is 24.3 Å². The van der Waals surface area contributed by atoms with Gasteiger partial charge in [-0.1, -0.05) is 0 Å². The predicted octanol–water partition coefficient (Wildman–Crippen LogP) is 4.47. The topological polar surface area (TPSA) is 86.3 Å². The lowest BCUT2D eigenvalue weighted by Crippen LogP contribution is -2.35. The van der Waals surface area contributed by atoms with Crippen LogP contribution in [0.2, 0.25) is 0 Å². The summed E-state index contributed by atoms with van der Waals surface area (Å²) in [5.74, 6) is 1.72.